The smallest absolute Gasteiger partial charge is 0.234 e. The summed E-state index contributed by atoms with van der Waals surface area (Å²) in [6, 6.07) is 9.30. The fraction of sp³-hybridized carbons (Fsp3) is 0.154. The monoisotopic (exact) mass is 259 g/mol. The molecule has 0 spiro atoms. The minimum absolute atomic E-state index is 0.186. The number of hydrogen-bond acceptors (Lipinski definition) is 3. The Kier molecular flexibility index (Phi) is 3.53. The van der Waals surface area contributed by atoms with Crippen LogP contribution in [0.3, 0.4) is 0 Å². The van der Waals surface area contributed by atoms with Gasteiger partial charge in [0.05, 0.1) is 22.1 Å². The standard InChI is InChI=1S/C13H13N3OS/c1-8(12(14)18)13(17)16-11-6-2-5-10-9(11)4-3-7-15-10/h2-8H,1H3,(H2,14,18)(H,16,17). The third kappa shape index (κ3) is 2.46. The van der Waals surface area contributed by atoms with E-state index in [0.29, 0.717) is 5.69 Å². The third-order valence-corrected chi connectivity index (χ3v) is 3.08. The highest BCUT2D eigenvalue weighted by Gasteiger charge is 2.16. The number of carbonyl (C=O) groups is 1. The number of fused-ring (bicyclic) bond motifs is 1. The Hall–Kier alpha value is -2.01. The summed E-state index contributed by atoms with van der Waals surface area (Å²) in [6.45, 7) is 1.68. The number of anilines is 1. The predicted octanol–water partition coefficient (Wildman–Crippen LogP) is 2.10. The molecule has 1 atom stereocenters. The van der Waals surface area contributed by atoms with Gasteiger partial charge in [-0.1, -0.05) is 18.3 Å². The molecule has 92 valence electrons. The van der Waals surface area contributed by atoms with Crippen molar-refractivity contribution in [2.24, 2.45) is 11.7 Å². The average molecular weight is 259 g/mol. The fourth-order valence-corrected chi connectivity index (χ4v) is 1.69. The summed E-state index contributed by atoms with van der Waals surface area (Å²) in [5.74, 6) is -0.703. The SMILES string of the molecule is CC(C(=O)Nc1cccc2ncccc12)C(N)=S. The van der Waals surface area contributed by atoms with Crippen LogP contribution in [0.5, 0.6) is 0 Å². The highest BCUT2D eigenvalue weighted by Crippen LogP contribution is 2.21. The first kappa shape index (κ1) is 12.4. The first-order valence-corrected chi connectivity index (χ1v) is 5.94. The molecule has 2 rings (SSSR count). The van der Waals surface area contributed by atoms with Crippen molar-refractivity contribution in [3.8, 4) is 0 Å². The van der Waals surface area contributed by atoms with Crippen molar-refractivity contribution >= 4 is 39.7 Å². The third-order valence-electron chi connectivity index (χ3n) is 2.72. The van der Waals surface area contributed by atoms with Gasteiger partial charge >= 0.3 is 0 Å². The summed E-state index contributed by atoms with van der Waals surface area (Å²) in [5.41, 5.74) is 7.01. The van der Waals surface area contributed by atoms with E-state index >= 15 is 0 Å². The summed E-state index contributed by atoms with van der Waals surface area (Å²) in [5, 5.41) is 3.71. The van der Waals surface area contributed by atoms with Gasteiger partial charge in [-0.25, -0.2) is 0 Å². The first-order valence-electron chi connectivity index (χ1n) is 5.53. The van der Waals surface area contributed by atoms with E-state index in [1.807, 2.05) is 30.3 Å². The lowest BCUT2D eigenvalue weighted by molar-refractivity contribution is -0.117. The molecule has 1 unspecified atom stereocenters. The predicted molar refractivity (Wildman–Crippen MR) is 76.3 cm³/mol. The maximum Gasteiger partial charge on any atom is 0.234 e. The Morgan fingerprint density at radius 2 is 2.17 bits per heavy atom. The molecule has 0 saturated heterocycles. The van der Waals surface area contributed by atoms with Crippen molar-refractivity contribution in [3.05, 3.63) is 36.5 Å². The molecule has 0 fully saturated rings. The molecular formula is C13H13N3OS. The number of thiocarbonyl (C=S) groups is 1. The number of rotatable bonds is 3. The largest absolute Gasteiger partial charge is 0.393 e. The number of pyridine rings is 1. The Balaban J connectivity index is 2.32. The van der Waals surface area contributed by atoms with E-state index in [1.54, 1.807) is 13.1 Å². The number of nitrogens with one attached hydrogen (secondary N) is 1. The maximum absolute atomic E-state index is 11.9. The highest BCUT2D eigenvalue weighted by atomic mass is 32.1. The Morgan fingerprint density at radius 1 is 1.39 bits per heavy atom. The number of amides is 1. The minimum atomic E-state index is -0.494. The van der Waals surface area contributed by atoms with Gasteiger partial charge in [0.15, 0.2) is 0 Å². The maximum atomic E-state index is 11.9. The van der Waals surface area contributed by atoms with Crippen LogP contribution < -0.4 is 11.1 Å². The molecule has 1 amide bonds. The molecule has 0 aliphatic rings. The Bertz CT molecular complexity index is 607. The summed E-state index contributed by atoms with van der Waals surface area (Å²) in [7, 11) is 0. The molecule has 5 heteroatoms. The Morgan fingerprint density at radius 3 is 2.89 bits per heavy atom. The van der Waals surface area contributed by atoms with E-state index in [2.05, 4.69) is 10.3 Å². The Labute approximate surface area is 110 Å². The molecule has 18 heavy (non-hydrogen) atoms. The number of nitrogens with zero attached hydrogens (tertiary/aromatic N) is 1. The van der Waals surface area contributed by atoms with E-state index in [0.717, 1.165) is 10.9 Å². The van der Waals surface area contributed by atoms with Crippen LogP contribution >= 0.6 is 12.2 Å². The normalized spacial score (nSPS) is 12.1. The van der Waals surface area contributed by atoms with Crippen LogP contribution in [0.2, 0.25) is 0 Å². The van der Waals surface area contributed by atoms with Crippen molar-refractivity contribution in [1.29, 1.82) is 0 Å². The van der Waals surface area contributed by atoms with Crippen LogP contribution in [0.4, 0.5) is 5.69 Å². The van der Waals surface area contributed by atoms with Crippen molar-refractivity contribution < 1.29 is 4.79 Å². The molecule has 1 aromatic carbocycles. The topological polar surface area (TPSA) is 68.0 Å². The van der Waals surface area contributed by atoms with Crippen LogP contribution in [0.15, 0.2) is 36.5 Å². The second-order valence-corrected chi connectivity index (χ2v) is 4.46. The van der Waals surface area contributed by atoms with Crippen LogP contribution in [-0.2, 0) is 4.79 Å². The number of aromatic nitrogens is 1. The van der Waals surface area contributed by atoms with Crippen molar-refractivity contribution in [1.82, 2.24) is 4.98 Å². The van der Waals surface area contributed by atoms with Gasteiger partial charge in [0.1, 0.15) is 0 Å². The van der Waals surface area contributed by atoms with E-state index in [1.165, 1.54) is 0 Å². The van der Waals surface area contributed by atoms with Gasteiger partial charge in [0.25, 0.3) is 0 Å². The minimum Gasteiger partial charge on any atom is -0.393 e. The zero-order valence-electron chi connectivity index (χ0n) is 9.88. The molecule has 0 aliphatic carbocycles. The molecule has 0 saturated carbocycles. The van der Waals surface area contributed by atoms with Gasteiger partial charge in [-0.15, -0.1) is 0 Å². The van der Waals surface area contributed by atoms with E-state index in [4.69, 9.17) is 18.0 Å². The molecule has 0 aliphatic heterocycles. The summed E-state index contributed by atoms with van der Waals surface area (Å²) in [6.07, 6.45) is 1.71. The highest BCUT2D eigenvalue weighted by molar-refractivity contribution is 7.80. The first-order chi connectivity index (χ1) is 8.59. The lowest BCUT2D eigenvalue weighted by atomic mass is 10.1. The lowest BCUT2D eigenvalue weighted by Crippen LogP contribution is -2.30. The molecule has 0 bridgehead atoms. The summed E-state index contributed by atoms with van der Waals surface area (Å²) in [4.78, 5) is 16.3. The van der Waals surface area contributed by atoms with Gasteiger partial charge in [0, 0.05) is 11.6 Å². The van der Waals surface area contributed by atoms with Crippen molar-refractivity contribution in [2.45, 2.75) is 6.92 Å². The summed E-state index contributed by atoms with van der Waals surface area (Å²) < 4.78 is 0. The zero-order chi connectivity index (χ0) is 13.1. The molecule has 3 N–H and O–H groups in total. The molecule has 1 aromatic heterocycles. The second-order valence-electron chi connectivity index (χ2n) is 3.99. The lowest BCUT2D eigenvalue weighted by Gasteiger charge is -2.12. The summed E-state index contributed by atoms with van der Waals surface area (Å²) >= 11 is 4.81. The van der Waals surface area contributed by atoms with Crippen LogP contribution in [0.1, 0.15) is 6.92 Å². The van der Waals surface area contributed by atoms with Crippen LogP contribution in [-0.4, -0.2) is 15.9 Å². The van der Waals surface area contributed by atoms with E-state index < -0.39 is 5.92 Å². The molecule has 4 nitrogen and oxygen atoms in total. The number of hydrogen-bond donors (Lipinski definition) is 2. The van der Waals surface area contributed by atoms with Gasteiger partial charge < -0.3 is 11.1 Å². The van der Waals surface area contributed by atoms with Gasteiger partial charge in [-0.05, 0) is 31.2 Å². The zero-order valence-corrected chi connectivity index (χ0v) is 10.7. The molecule has 2 aromatic rings. The molecular weight excluding hydrogens is 246 g/mol. The van der Waals surface area contributed by atoms with Crippen molar-refractivity contribution in [3.63, 3.8) is 0 Å². The van der Waals surface area contributed by atoms with Crippen LogP contribution in [0.25, 0.3) is 10.9 Å². The average Bonchev–Trinajstić information content (AvgIpc) is 2.38. The van der Waals surface area contributed by atoms with Gasteiger partial charge in [-0.2, -0.15) is 0 Å². The number of benzene rings is 1. The van der Waals surface area contributed by atoms with Crippen LogP contribution in [0, 0.1) is 5.92 Å². The van der Waals surface area contributed by atoms with Gasteiger partial charge in [-0.3, -0.25) is 9.78 Å². The quantitative estimate of drug-likeness (QED) is 0.828. The molecule has 0 radical (unpaired) electrons. The fourth-order valence-electron chi connectivity index (χ4n) is 1.58. The number of nitrogens with two attached hydrogens (primary N) is 1. The van der Waals surface area contributed by atoms with Gasteiger partial charge in [0.2, 0.25) is 5.91 Å². The van der Waals surface area contributed by atoms with E-state index in [9.17, 15) is 4.79 Å². The van der Waals surface area contributed by atoms with Crippen molar-refractivity contribution in [2.75, 3.05) is 5.32 Å². The number of carbonyl (C=O) groups excluding carboxylic acids is 1. The van der Waals surface area contributed by atoms with E-state index in [-0.39, 0.29) is 10.9 Å². The second kappa shape index (κ2) is 5.10. The molecule has 1 heterocycles.